The van der Waals surface area contributed by atoms with Crippen LogP contribution in [0.4, 0.5) is 0 Å². The number of rotatable bonds is 5. The van der Waals surface area contributed by atoms with Crippen LogP contribution < -0.4 is 10.1 Å². The lowest BCUT2D eigenvalue weighted by Gasteiger charge is -2.05. The Morgan fingerprint density at radius 1 is 1.23 bits per heavy atom. The monoisotopic (exact) mass is 298 g/mol. The lowest BCUT2D eigenvalue weighted by atomic mass is 10.2. The van der Waals surface area contributed by atoms with E-state index in [1.54, 1.807) is 19.2 Å². The Labute approximate surface area is 125 Å². The van der Waals surface area contributed by atoms with Crippen LogP contribution in [0.25, 0.3) is 11.5 Å². The van der Waals surface area contributed by atoms with Gasteiger partial charge in [0.25, 0.3) is 5.91 Å². The molecule has 22 heavy (non-hydrogen) atoms. The molecule has 1 amide bonds. The lowest BCUT2D eigenvalue weighted by Crippen LogP contribution is -2.23. The van der Waals surface area contributed by atoms with Crippen molar-refractivity contribution in [3.8, 4) is 17.3 Å². The van der Waals surface area contributed by atoms with Gasteiger partial charge in [-0.05, 0) is 35.0 Å². The topological polar surface area (TPSA) is 109 Å². The molecule has 3 aromatic rings. The van der Waals surface area contributed by atoms with Gasteiger partial charge in [-0.25, -0.2) is 0 Å². The molecule has 0 bridgehead atoms. The largest absolute Gasteiger partial charge is 0.497 e. The average Bonchev–Trinajstić information content (AvgIpc) is 3.23. The molecular formula is C14H14N6O2. The normalized spacial score (nSPS) is 10.4. The van der Waals surface area contributed by atoms with Crippen LogP contribution in [0.5, 0.6) is 5.75 Å². The van der Waals surface area contributed by atoms with Gasteiger partial charge in [0.15, 0.2) is 0 Å². The smallest absolute Gasteiger partial charge is 0.267 e. The Morgan fingerprint density at radius 2 is 2.05 bits per heavy atom. The van der Waals surface area contributed by atoms with Crippen LogP contribution in [0, 0.1) is 0 Å². The maximum absolute atomic E-state index is 12.1. The first-order valence-corrected chi connectivity index (χ1v) is 6.60. The first-order valence-electron chi connectivity index (χ1n) is 6.60. The summed E-state index contributed by atoms with van der Waals surface area (Å²) in [7, 11) is 1.61. The van der Waals surface area contributed by atoms with Crippen molar-refractivity contribution in [2.45, 2.75) is 6.54 Å². The van der Waals surface area contributed by atoms with E-state index in [0.29, 0.717) is 23.8 Å². The van der Waals surface area contributed by atoms with Crippen molar-refractivity contribution in [3.63, 3.8) is 0 Å². The van der Waals surface area contributed by atoms with Crippen LogP contribution in [-0.2, 0) is 6.54 Å². The number of methoxy groups -OCH3 is 1. The zero-order chi connectivity index (χ0) is 15.4. The molecule has 3 N–H and O–H groups in total. The first kappa shape index (κ1) is 13.8. The van der Waals surface area contributed by atoms with Crippen molar-refractivity contribution < 1.29 is 9.53 Å². The molecule has 8 heteroatoms. The molecule has 0 spiro atoms. The van der Waals surface area contributed by atoms with E-state index in [9.17, 15) is 4.79 Å². The van der Waals surface area contributed by atoms with E-state index in [-0.39, 0.29) is 5.91 Å². The predicted molar refractivity (Wildman–Crippen MR) is 78.1 cm³/mol. The SMILES string of the molecule is COc1ccc(CNC(=O)c2ccc(-c3nn[nH]n3)[nH]2)cc1. The Morgan fingerprint density at radius 3 is 2.73 bits per heavy atom. The molecule has 0 saturated heterocycles. The number of ether oxygens (including phenoxy) is 1. The number of hydrogen-bond donors (Lipinski definition) is 3. The number of nitrogens with one attached hydrogen (secondary N) is 3. The van der Waals surface area contributed by atoms with Crippen LogP contribution in [0.3, 0.4) is 0 Å². The highest BCUT2D eigenvalue weighted by Crippen LogP contribution is 2.13. The number of carbonyl (C=O) groups is 1. The second-order valence-electron chi connectivity index (χ2n) is 4.55. The number of H-pyrrole nitrogens is 2. The van der Waals surface area contributed by atoms with Gasteiger partial charge >= 0.3 is 0 Å². The molecule has 0 fully saturated rings. The fraction of sp³-hybridized carbons (Fsp3) is 0.143. The minimum Gasteiger partial charge on any atom is -0.497 e. The summed E-state index contributed by atoms with van der Waals surface area (Å²) in [5.41, 5.74) is 2.05. The second kappa shape index (κ2) is 6.08. The molecule has 0 unspecified atom stereocenters. The van der Waals surface area contributed by atoms with Crippen LogP contribution in [-0.4, -0.2) is 38.6 Å². The Kier molecular flexibility index (Phi) is 3.82. The number of amides is 1. The van der Waals surface area contributed by atoms with Gasteiger partial charge in [-0.1, -0.05) is 12.1 Å². The molecule has 8 nitrogen and oxygen atoms in total. The van der Waals surface area contributed by atoms with Crippen LogP contribution in [0.1, 0.15) is 16.1 Å². The summed E-state index contributed by atoms with van der Waals surface area (Å²) in [5, 5.41) is 16.4. The molecule has 1 aromatic carbocycles. The minimum absolute atomic E-state index is 0.203. The molecule has 2 heterocycles. The summed E-state index contributed by atoms with van der Waals surface area (Å²) < 4.78 is 5.09. The maximum Gasteiger partial charge on any atom is 0.267 e. The van der Waals surface area contributed by atoms with Gasteiger partial charge < -0.3 is 15.0 Å². The van der Waals surface area contributed by atoms with E-state index in [4.69, 9.17) is 4.74 Å². The Hall–Kier alpha value is -3.16. The summed E-state index contributed by atoms with van der Waals surface area (Å²) in [6.45, 7) is 0.430. The summed E-state index contributed by atoms with van der Waals surface area (Å²) in [5.74, 6) is 0.990. The number of aromatic nitrogens is 5. The van der Waals surface area contributed by atoms with Crippen molar-refractivity contribution in [2.24, 2.45) is 0 Å². The number of nitrogens with zero attached hydrogens (tertiary/aromatic N) is 3. The van der Waals surface area contributed by atoms with Gasteiger partial charge in [0.2, 0.25) is 5.82 Å². The van der Waals surface area contributed by atoms with E-state index in [1.165, 1.54) is 0 Å². The Balaban J connectivity index is 1.62. The van der Waals surface area contributed by atoms with E-state index in [0.717, 1.165) is 11.3 Å². The zero-order valence-corrected chi connectivity index (χ0v) is 11.8. The fourth-order valence-electron chi connectivity index (χ4n) is 1.95. The third-order valence-electron chi connectivity index (χ3n) is 3.13. The van der Waals surface area contributed by atoms with E-state index in [2.05, 4.69) is 30.9 Å². The van der Waals surface area contributed by atoms with Crippen molar-refractivity contribution >= 4 is 5.91 Å². The zero-order valence-electron chi connectivity index (χ0n) is 11.8. The van der Waals surface area contributed by atoms with Crippen LogP contribution >= 0.6 is 0 Å². The van der Waals surface area contributed by atoms with E-state index >= 15 is 0 Å². The molecule has 0 radical (unpaired) electrons. The lowest BCUT2D eigenvalue weighted by molar-refractivity contribution is 0.0946. The standard InChI is InChI=1S/C14H14N6O2/c1-22-10-4-2-9(3-5-10)8-15-14(21)12-7-6-11(16-12)13-17-19-20-18-13/h2-7,16H,8H2,1H3,(H,15,21)(H,17,18,19,20). The van der Waals surface area contributed by atoms with Gasteiger partial charge in [-0.3, -0.25) is 4.79 Å². The summed E-state index contributed by atoms with van der Waals surface area (Å²) >= 11 is 0. The number of hydrogen-bond acceptors (Lipinski definition) is 5. The number of tetrazole rings is 1. The molecule has 112 valence electrons. The van der Waals surface area contributed by atoms with Crippen molar-refractivity contribution in [1.29, 1.82) is 0 Å². The number of benzene rings is 1. The van der Waals surface area contributed by atoms with E-state index < -0.39 is 0 Å². The highest BCUT2D eigenvalue weighted by Gasteiger charge is 2.11. The average molecular weight is 298 g/mol. The molecule has 0 aliphatic heterocycles. The van der Waals surface area contributed by atoms with E-state index in [1.807, 2.05) is 24.3 Å². The van der Waals surface area contributed by atoms with Gasteiger partial charge in [-0.2, -0.15) is 5.21 Å². The highest BCUT2D eigenvalue weighted by molar-refractivity contribution is 5.93. The summed E-state index contributed by atoms with van der Waals surface area (Å²) in [4.78, 5) is 15.0. The molecule has 0 saturated carbocycles. The second-order valence-corrected chi connectivity index (χ2v) is 4.55. The third-order valence-corrected chi connectivity index (χ3v) is 3.13. The molecule has 0 aliphatic rings. The summed E-state index contributed by atoms with van der Waals surface area (Å²) in [6, 6.07) is 10.9. The third kappa shape index (κ3) is 2.95. The Bertz CT molecular complexity index is 748. The van der Waals surface area contributed by atoms with Crippen molar-refractivity contribution in [1.82, 2.24) is 30.9 Å². The highest BCUT2D eigenvalue weighted by atomic mass is 16.5. The first-order chi connectivity index (χ1) is 10.8. The van der Waals surface area contributed by atoms with Gasteiger partial charge in [0.1, 0.15) is 11.4 Å². The van der Waals surface area contributed by atoms with Crippen LogP contribution in [0.2, 0.25) is 0 Å². The minimum atomic E-state index is -0.203. The maximum atomic E-state index is 12.1. The van der Waals surface area contributed by atoms with Gasteiger partial charge in [0.05, 0.1) is 12.8 Å². The quantitative estimate of drug-likeness (QED) is 0.654. The number of carbonyl (C=O) groups excluding carboxylic acids is 1. The molecule has 2 aromatic heterocycles. The molecular weight excluding hydrogens is 284 g/mol. The predicted octanol–water partition coefficient (Wildman–Crippen LogP) is 1.13. The van der Waals surface area contributed by atoms with Gasteiger partial charge in [-0.15, -0.1) is 10.2 Å². The van der Waals surface area contributed by atoms with Gasteiger partial charge in [0, 0.05) is 6.54 Å². The molecule has 0 aliphatic carbocycles. The van der Waals surface area contributed by atoms with Crippen molar-refractivity contribution in [3.05, 3.63) is 47.7 Å². The summed E-state index contributed by atoms with van der Waals surface area (Å²) in [6.07, 6.45) is 0. The fourth-order valence-corrected chi connectivity index (χ4v) is 1.95. The molecule has 3 rings (SSSR count). The number of aromatic amines is 2. The van der Waals surface area contributed by atoms with Crippen LogP contribution in [0.15, 0.2) is 36.4 Å². The molecule has 0 atom stereocenters. The van der Waals surface area contributed by atoms with Crippen molar-refractivity contribution in [2.75, 3.05) is 7.11 Å².